The van der Waals surface area contributed by atoms with Gasteiger partial charge >= 0.3 is 5.97 Å². The fourth-order valence-electron chi connectivity index (χ4n) is 1.35. The van der Waals surface area contributed by atoms with Gasteiger partial charge in [-0.1, -0.05) is 26.2 Å². The van der Waals surface area contributed by atoms with Crippen LogP contribution in [-0.4, -0.2) is 35.0 Å². The van der Waals surface area contributed by atoms with Crippen LogP contribution >= 0.6 is 0 Å². The maximum Gasteiger partial charge on any atom is 0.323 e. The van der Waals surface area contributed by atoms with Crippen LogP contribution in [0.4, 0.5) is 0 Å². The summed E-state index contributed by atoms with van der Waals surface area (Å²) in [5.74, 6) is 0.906. The van der Waals surface area contributed by atoms with Crippen LogP contribution in [-0.2, 0) is 9.59 Å². The van der Waals surface area contributed by atoms with Crippen LogP contribution in [0.2, 0.25) is 0 Å². The fourth-order valence-corrected chi connectivity index (χ4v) is 1.35. The molecule has 0 rings (SSSR count). The summed E-state index contributed by atoms with van der Waals surface area (Å²) >= 11 is 0. The summed E-state index contributed by atoms with van der Waals surface area (Å²) in [6, 6.07) is 0. The van der Waals surface area contributed by atoms with Crippen molar-refractivity contribution in [3.63, 3.8) is 0 Å². The summed E-state index contributed by atoms with van der Waals surface area (Å²) in [6.07, 6.45) is 6.72. The molecule has 0 bridgehead atoms. The highest BCUT2D eigenvalue weighted by molar-refractivity contribution is 5.83. The highest BCUT2D eigenvalue weighted by atomic mass is 16.4. The first-order chi connectivity index (χ1) is 7.02. The Morgan fingerprint density at radius 1 is 1.53 bits per heavy atom. The fraction of sp³-hybridized carbons (Fsp3) is 0.636. The van der Waals surface area contributed by atoms with Crippen molar-refractivity contribution < 1.29 is 14.7 Å². The summed E-state index contributed by atoms with van der Waals surface area (Å²) in [7, 11) is 0. The molecule has 0 heterocycles. The van der Waals surface area contributed by atoms with Gasteiger partial charge in [-0.05, 0) is 6.42 Å². The Morgan fingerprint density at radius 3 is 2.53 bits per heavy atom. The van der Waals surface area contributed by atoms with Crippen molar-refractivity contribution in [3.8, 4) is 12.3 Å². The van der Waals surface area contributed by atoms with Crippen molar-refractivity contribution in [2.45, 2.75) is 26.7 Å². The van der Waals surface area contributed by atoms with E-state index in [0.717, 1.165) is 12.8 Å². The van der Waals surface area contributed by atoms with E-state index in [1.165, 1.54) is 4.90 Å². The number of terminal acetylenes is 1. The minimum absolute atomic E-state index is 0.0547. The van der Waals surface area contributed by atoms with Gasteiger partial charge in [-0.25, -0.2) is 0 Å². The number of hydrogen-bond donors (Lipinski definition) is 1. The third-order valence-corrected chi connectivity index (χ3v) is 2.06. The Hall–Kier alpha value is -1.50. The van der Waals surface area contributed by atoms with E-state index in [9.17, 15) is 9.59 Å². The minimum atomic E-state index is -1.04. The topological polar surface area (TPSA) is 57.6 Å². The lowest BCUT2D eigenvalue weighted by Gasteiger charge is -2.21. The molecule has 0 aliphatic rings. The number of hydrogen-bond acceptors (Lipinski definition) is 2. The van der Waals surface area contributed by atoms with E-state index >= 15 is 0 Å². The molecule has 4 nitrogen and oxygen atoms in total. The Bertz CT molecular complexity index is 267. The van der Waals surface area contributed by atoms with E-state index in [4.69, 9.17) is 11.5 Å². The first kappa shape index (κ1) is 13.5. The van der Waals surface area contributed by atoms with Crippen LogP contribution in [0.25, 0.3) is 0 Å². The van der Waals surface area contributed by atoms with Gasteiger partial charge in [-0.3, -0.25) is 9.59 Å². The number of nitrogens with zero attached hydrogens (tertiary/aromatic N) is 1. The predicted molar refractivity (Wildman–Crippen MR) is 57.1 cm³/mol. The van der Waals surface area contributed by atoms with Gasteiger partial charge in [0.1, 0.15) is 6.54 Å². The van der Waals surface area contributed by atoms with Gasteiger partial charge in [0.05, 0.1) is 6.54 Å². The summed E-state index contributed by atoms with van der Waals surface area (Å²) in [6.45, 7) is 3.50. The lowest BCUT2D eigenvalue weighted by Crippen LogP contribution is -2.39. The second kappa shape index (κ2) is 6.88. The van der Waals surface area contributed by atoms with E-state index in [2.05, 4.69) is 5.92 Å². The number of carboxylic acids is 1. The van der Waals surface area contributed by atoms with Crippen LogP contribution in [0.15, 0.2) is 0 Å². The Morgan fingerprint density at radius 2 is 2.13 bits per heavy atom. The standard InChI is InChI=1S/C11H17NO3/c1-4-6-9(3)11(15)12(7-5-2)8-10(13)14/h2,9H,4,6-8H2,1,3H3,(H,13,14). The monoisotopic (exact) mass is 211 g/mol. The molecule has 0 saturated heterocycles. The van der Waals surface area contributed by atoms with Gasteiger partial charge in [0, 0.05) is 5.92 Å². The van der Waals surface area contributed by atoms with Crippen molar-refractivity contribution in [2.24, 2.45) is 5.92 Å². The lowest BCUT2D eigenvalue weighted by molar-refractivity contribution is -0.145. The molecule has 1 atom stereocenters. The van der Waals surface area contributed by atoms with Crippen LogP contribution < -0.4 is 0 Å². The van der Waals surface area contributed by atoms with Gasteiger partial charge < -0.3 is 10.0 Å². The number of carbonyl (C=O) groups is 2. The summed E-state index contributed by atoms with van der Waals surface area (Å²) in [5.41, 5.74) is 0. The van der Waals surface area contributed by atoms with Crippen LogP contribution in [0.3, 0.4) is 0 Å². The molecule has 0 aromatic heterocycles. The second-order valence-corrected chi connectivity index (χ2v) is 3.48. The Balaban J connectivity index is 4.41. The van der Waals surface area contributed by atoms with Crippen LogP contribution in [0, 0.1) is 18.3 Å². The molecular weight excluding hydrogens is 194 g/mol. The highest BCUT2D eigenvalue weighted by Crippen LogP contribution is 2.09. The average Bonchev–Trinajstić information content (AvgIpc) is 2.16. The highest BCUT2D eigenvalue weighted by Gasteiger charge is 2.20. The first-order valence-corrected chi connectivity index (χ1v) is 4.97. The molecule has 0 aromatic rings. The summed E-state index contributed by atoms with van der Waals surface area (Å²) < 4.78 is 0. The molecule has 1 N–H and O–H groups in total. The summed E-state index contributed by atoms with van der Waals surface area (Å²) in [5, 5.41) is 8.61. The molecule has 4 heteroatoms. The van der Waals surface area contributed by atoms with Crippen molar-refractivity contribution in [1.82, 2.24) is 4.90 Å². The third-order valence-electron chi connectivity index (χ3n) is 2.06. The van der Waals surface area contributed by atoms with Crippen LogP contribution in [0.1, 0.15) is 26.7 Å². The van der Waals surface area contributed by atoms with E-state index in [1.54, 1.807) is 6.92 Å². The number of amides is 1. The largest absolute Gasteiger partial charge is 0.480 e. The average molecular weight is 211 g/mol. The second-order valence-electron chi connectivity index (χ2n) is 3.48. The zero-order chi connectivity index (χ0) is 11.8. The van der Waals surface area contributed by atoms with Gasteiger partial charge in [-0.2, -0.15) is 0 Å². The normalized spacial score (nSPS) is 11.5. The quantitative estimate of drug-likeness (QED) is 0.666. The van der Waals surface area contributed by atoms with E-state index in [-0.39, 0.29) is 24.9 Å². The van der Waals surface area contributed by atoms with Crippen molar-refractivity contribution >= 4 is 11.9 Å². The molecule has 15 heavy (non-hydrogen) atoms. The maximum atomic E-state index is 11.7. The molecule has 84 valence electrons. The lowest BCUT2D eigenvalue weighted by atomic mass is 10.0. The van der Waals surface area contributed by atoms with E-state index in [0.29, 0.717) is 0 Å². The molecule has 0 radical (unpaired) electrons. The van der Waals surface area contributed by atoms with Gasteiger partial charge in [0.2, 0.25) is 5.91 Å². The molecule has 0 aromatic carbocycles. The molecular formula is C11H17NO3. The molecule has 0 saturated carbocycles. The molecule has 0 aliphatic carbocycles. The number of rotatable bonds is 6. The maximum absolute atomic E-state index is 11.7. The molecule has 0 fully saturated rings. The van der Waals surface area contributed by atoms with Crippen LogP contribution in [0.5, 0.6) is 0 Å². The van der Waals surface area contributed by atoms with E-state index < -0.39 is 5.97 Å². The molecule has 1 amide bonds. The van der Waals surface area contributed by atoms with Gasteiger partial charge in [0.15, 0.2) is 0 Å². The number of carbonyl (C=O) groups excluding carboxylic acids is 1. The molecule has 0 spiro atoms. The third kappa shape index (κ3) is 5.06. The summed E-state index contributed by atoms with van der Waals surface area (Å²) in [4.78, 5) is 23.4. The number of carboxylic acid groups (broad SMARTS) is 1. The van der Waals surface area contributed by atoms with Gasteiger partial charge in [0.25, 0.3) is 0 Å². The van der Waals surface area contributed by atoms with Crippen molar-refractivity contribution in [1.29, 1.82) is 0 Å². The smallest absolute Gasteiger partial charge is 0.323 e. The minimum Gasteiger partial charge on any atom is -0.480 e. The zero-order valence-corrected chi connectivity index (χ0v) is 9.19. The van der Waals surface area contributed by atoms with Crippen molar-refractivity contribution in [3.05, 3.63) is 0 Å². The Labute approximate surface area is 90.3 Å². The molecule has 0 aliphatic heterocycles. The predicted octanol–water partition coefficient (Wildman–Crippen LogP) is 0.969. The zero-order valence-electron chi connectivity index (χ0n) is 9.19. The van der Waals surface area contributed by atoms with Crippen molar-refractivity contribution in [2.75, 3.05) is 13.1 Å². The first-order valence-electron chi connectivity index (χ1n) is 4.97. The number of aliphatic carboxylic acids is 1. The van der Waals surface area contributed by atoms with Gasteiger partial charge in [-0.15, -0.1) is 6.42 Å². The molecule has 1 unspecified atom stereocenters. The van der Waals surface area contributed by atoms with E-state index in [1.807, 2.05) is 6.92 Å². The Kier molecular flexibility index (Phi) is 6.19. The SMILES string of the molecule is C#CCN(CC(=O)O)C(=O)C(C)CCC.